The van der Waals surface area contributed by atoms with E-state index in [1.54, 1.807) is 13.8 Å². The topological polar surface area (TPSA) is 102 Å². The summed E-state index contributed by atoms with van der Waals surface area (Å²) in [5.74, 6) is -3.34. The lowest BCUT2D eigenvalue weighted by Gasteiger charge is -2.04. The molecule has 0 saturated heterocycles. The van der Waals surface area contributed by atoms with Crippen molar-refractivity contribution in [1.29, 1.82) is 0 Å². The quantitative estimate of drug-likeness (QED) is 0.462. The fourth-order valence-electron chi connectivity index (χ4n) is 0.717. The molecule has 90 valence electrons. The van der Waals surface area contributed by atoms with Gasteiger partial charge in [0.15, 0.2) is 0 Å². The fraction of sp³-hybridized carbons (Fsp3) is 0.556. The maximum atomic E-state index is 11.0. The van der Waals surface area contributed by atoms with Crippen LogP contribution in [0.2, 0.25) is 0 Å². The average molecular weight is 230 g/mol. The summed E-state index contributed by atoms with van der Waals surface area (Å²) >= 11 is 0. The van der Waals surface area contributed by atoms with Crippen LogP contribution in [-0.4, -0.2) is 36.8 Å². The van der Waals surface area contributed by atoms with Crippen molar-refractivity contribution in [2.24, 2.45) is 0 Å². The molecule has 0 radical (unpaired) electrons. The molecule has 0 aliphatic heterocycles. The zero-order valence-electron chi connectivity index (χ0n) is 9.16. The van der Waals surface area contributed by atoms with E-state index in [1.165, 1.54) is 0 Å². The van der Waals surface area contributed by atoms with Gasteiger partial charge in [-0.2, -0.15) is 0 Å². The largest absolute Gasteiger partial charge is 0.465 e. The molecule has 0 rings (SSSR count). The molecule has 0 unspecified atom stereocenters. The Hall–Kier alpha value is -1.92. The first kappa shape index (κ1) is 14.1. The standard InChI is InChI=1S/C9H14N2O5/c1-3-6(12)11-9(15)8(14)10-5-7(13)16-4-2/h3-5H2,1-2H3,(H,10,14)(H,11,12,15). The number of imide groups is 1. The second-order valence-electron chi connectivity index (χ2n) is 2.72. The minimum atomic E-state index is -1.09. The second-order valence-corrected chi connectivity index (χ2v) is 2.72. The van der Waals surface area contributed by atoms with E-state index in [2.05, 4.69) is 4.74 Å². The van der Waals surface area contributed by atoms with Gasteiger partial charge in [0.2, 0.25) is 5.91 Å². The zero-order chi connectivity index (χ0) is 12.6. The molecule has 0 fully saturated rings. The van der Waals surface area contributed by atoms with Crippen LogP contribution in [-0.2, 0) is 23.9 Å². The molecular formula is C9H14N2O5. The molecule has 7 heteroatoms. The van der Waals surface area contributed by atoms with Crippen molar-refractivity contribution in [2.75, 3.05) is 13.2 Å². The molecule has 16 heavy (non-hydrogen) atoms. The predicted octanol–water partition coefficient (Wildman–Crippen LogP) is -1.28. The Bertz CT molecular complexity index is 300. The van der Waals surface area contributed by atoms with E-state index in [1.807, 2.05) is 10.6 Å². The van der Waals surface area contributed by atoms with Gasteiger partial charge >= 0.3 is 17.8 Å². The highest BCUT2D eigenvalue weighted by molar-refractivity contribution is 6.37. The molecule has 3 amide bonds. The Morgan fingerprint density at radius 2 is 1.69 bits per heavy atom. The minimum Gasteiger partial charge on any atom is -0.465 e. The van der Waals surface area contributed by atoms with Gasteiger partial charge in [-0.1, -0.05) is 6.92 Å². The van der Waals surface area contributed by atoms with Gasteiger partial charge in [-0.3, -0.25) is 24.5 Å². The van der Waals surface area contributed by atoms with Gasteiger partial charge in [-0.15, -0.1) is 0 Å². The average Bonchev–Trinajstić information content (AvgIpc) is 2.25. The van der Waals surface area contributed by atoms with Crippen LogP contribution in [0.5, 0.6) is 0 Å². The molecule has 0 aromatic rings. The number of esters is 1. The van der Waals surface area contributed by atoms with E-state index in [0.29, 0.717) is 0 Å². The maximum Gasteiger partial charge on any atom is 0.325 e. The summed E-state index contributed by atoms with van der Waals surface area (Å²) in [7, 11) is 0. The summed E-state index contributed by atoms with van der Waals surface area (Å²) < 4.78 is 4.52. The van der Waals surface area contributed by atoms with Gasteiger partial charge in [-0.25, -0.2) is 0 Å². The van der Waals surface area contributed by atoms with Crippen LogP contribution >= 0.6 is 0 Å². The first-order valence-electron chi connectivity index (χ1n) is 4.78. The van der Waals surface area contributed by atoms with Crippen LogP contribution in [0, 0.1) is 0 Å². The smallest absolute Gasteiger partial charge is 0.325 e. The number of carbonyl (C=O) groups is 4. The molecule has 0 bridgehead atoms. The van der Waals surface area contributed by atoms with Gasteiger partial charge in [0.05, 0.1) is 6.61 Å². The van der Waals surface area contributed by atoms with E-state index >= 15 is 0 Å². The van der Waals surface area contributed by atoms with E-state index in [9.17, 15) is 19.2 Å². The Morgan fingerprint density at radius 1 is 1.06 bits per heavy atom. The monoisotopic (exact) mass is 230 g/mol. The maximum absolute atomic E-state index is 11.0. The third kappa shape index (κ3) is 5.74. The molecule has 0 aliphatic carbocycles. The number of amides is 3. The third-order valence-corrected chi connectivity index (χ3v) is 1.48. The van der Waals surface area contributed by atoms with E-state index in [4.69, 9.17) is 0 Å². The lowest BCUT2D eigenvalue weighted by atomic mass is 10.4. The predicted molar refractivity (Wildman–Crippen MR) is 53.1 cm³/mol. The van der Waals surface area contributed by atoms with E-state index < -0.39 is 30.2 Å². The van der Waals surface area contributed by atoms with Crippen molar-refractivity contribution in [3.63, 3.8) is 0 Å². The van der Waals surface area contributed by atoms with Crippen LogP contribution in [0.3, 0.4) is 0 Å². The first-order valence-corrected chi connectivity index (χ1v) is 4.78. The van der Waals surface area contributed by atoms with Crippen molar-refractivity contribution >= 4 is 23.7 Å². The summed E-state index contributed by atoms with van der Waals surface area (Å²) in [5.41, 5.74) is 0. The number of hydrogen-bond donors (Lipinski definition) is 2. The highest BCUT2D eigenvalue weighted by atomic mass is 16.5. The van der Waals surface area contributed by atoms with Crippen LogP contribution in [0.1, 0.15) is 20.3 Å². The molecule has 0 aliphatic rings. The number of ether oxygens (including phenoxy) is 1. The molecule has 0 aromatic carbocycles. The Kier molecular flexibility index (Phi) is 6.50. The van der Waals surface area contributed by atoms with Crippen molar-refractivity contribution in [3.8, 4) is 0 Å². The first-order chi connectivity index (χ1) is 7.51. The van der Waals surface area contributed by atoms with Crippen LogP contribution in [0.15, 0.2) is 0 Å². The molecule has 7 nitrogen and oxygen atoms in total. The summed E-state index contributed by atoms with van der Waals surface area (Å²) in [5, 5.41) is 3.86. The SMILES string of the molecule is CCOC(=O)CNC(=O)C(=O)NC(=O)CC. The molecule has 0 atom stereocenters. The van der Waals surface area contributed by atoms with Gasteiger partial charge in [0.25, 0.3) is 0 Å². The van der Waals surface area contributed by atoms with E-state index in [0.717, 1.165) is 0 Å². The van der Waals surface area contributed by atoms with Crippen LogP contribution in [0.4, 0.5) is 0 Å². The summed E-state index contributed by atoms with van der Waals surface area (Å²) in [4.78, 5) is 43.6. The number of rotatable bonds is 4. The molecule has 0 aromatic heterocycles. The Morgan fingerprint density at radius 3 is 2.19 bits per heavy atom. The fourth-order valence-corrected chi connectivity index (χ4v) is 0.717. The zero-order valence-corrected chi connectivity index (χ0v) is 9.16. The van der Waals surface area contributed by atoms with Gasteiger partial charge in [-0.05, 0) is 6.92 Å². The number of hydrogen-bond acceptors (Lipinski definition) is 5. The number of carbonyl (C=O) groups excluding carboxylic acids is 4. The second kappa shape index (κ2) is 7.38. The molecule has 0 spiro atoms. The van der Waals surface area contributed by atoms with Gasteiger partial charge < -0.3 is 10.1 Å². The van der Waals surface area contributed by atoms with Crippen molar-refractivity contribution in [2.45, 2.75) is 20.3 Å². The number of nitrogens with one attached hydrogen (secondary N) is 2. The van der Waals surface area contributed by atoms with Crippen molar-refractivity contribution in [1.82, 2.24) is 10.6 Å². The highest BCUT2D eigenvalue weighted by Crippen LogP contribution is 1.78. The van der Waals surface area contributed by atoms with Crippen molar-refractivity contribution < 1.29 is 23.9 Å². The van der Waals surface area contributed by atoms with Crippen LogP contribution < -0.4 is 10.6 Å². The molecular weight excluding hydrogens is 216 g/mol. The van der Waals surface area contributed by atoms with Gasteiger partial charge in [0.1, 0.15) is 6.54 Å². The molecule has 0 heterocycles. The lowest BCUT2D eigenvalue weighted by Crippen LogP contribution is -2.44. The third-order valence-electron chi connectivity index (χ3n) is 1.48. The summed E-state index contributed by atoms with van der Waals surface area (Å²) in [6, 6.07) is 0. The Balaban J connectivity index is 3.93. The van der Waals surface area contributed by atoms with Crippen LogP contribution in [0.25, 0.3) is 0 Å². The van der Waals surface area contributed by atoms with Crippen molar-refractivity contribution in [3.05, 3.63) is 0 Å². The van der Waals surface area contributed by atoms with E-state index in [-0.39, 0.29) is 13.0 Å². The Labute approximate surface area is 92.5 Å². The lowest BCUT2D eigenvalue weighted by molar-refractivity contribution is -0.145. The van der Waals surface area contributed by atoms with Gasteiger partial charge in [0, 0.05) is 6.42 Å². The summed E-state index contributed by atoms with van der Waals surface area (Å²) in [6.45, 7) is 2.95. The normalized spacial score (nSPS) is 9.12. The summed E-state index contributed by atoms with van der Waals surface area (Å²) in [6.07, 6.45) is 0.0941. The highest BCUT2D eigenvalue weighted by Gasteiger charge is 2.16. The molecule has 0 saturated carbocycles. The minimum absolute atomic E-state index is 0.0941. The molecule has 2 N–H and O–H groups in total.